The number of rotatable bonds is 10. The fourth-order valence-electron chi connectivity index (χ4n) is 2.46. The second-order valence-electron chi connectivity index (χ2n) is 6.46. The maximum Gasteiger partial charge on any atom is 0.323 e. The lowest BCUT2D eigenvalue weighted by atomic mass is 10.2. The van der Waals surface area contributed by atoms with Gasteiger partial charge in [0.15, 0.2) is 19.4 Å². The number of carbonyl (C=O) groups excluding carboxylic acids is 1. The molecule has 0 aliphatic heterocycles. The number of nitrogens with two attached hydrogens (primary N) is 1. The van der Waals surface area contributed by atoms with Crippen LogP contribution in [0.4, 0.5) is 5.82 Å². The number of fused-ring (bicyclic) bond motifs is 1. The largest absolute Gasteiger partial charge is 0.462 e. The Morgan fingerprint density at radius 1 is 1.33 bits per heavy atom. The van der Waals surface area contributed by atoms with Gasteiger partial charge in [0.05, 0.1) is 25.1 Å². The highest BCUT2D eigenvalue weighted by molar-refractivity contribution is 7.42. The number of nitrogen functional groups attached to an aromatic ring is 1. The van der Waals surface area contributed by atoms with E-state index in [1.54, 1.807) is 24.7 Å². The SMILES string of the molecule is CC[C@H](N[PH](=O)CO[C@H](C)Cn1cnc2c(N)ncnc21)C(=O)OC(C)C. The van der Waals surface area contributed by atoms with Crippen molar-refractivity contribution in [1.82, 2.24) is 24.6 Å². The highest BCUT2D eigenvalue weighted by Crippen LogP contribution is 2.20. The van der Waals surface area contributed by atoms with Crippen LogP contribution in [0, 0.1) is 0 Å². The number of imidazole rings is 1. The quantitative estimate of drug-likeness (QED) is 0.451. The van der Waals surface area contributed by atoms with Gasteiger partial charge in [0.1, 0.15) is 24.2 Å². The molecule has 0 amide bonds. The molecule has 0 aromatic carbocycles. The van der Waals surface area contributed by atoms with E-state index in [4.69, 9.17) is 15.2 Å². The van der Waals surface area contributed by atoms with Gasteiger partial charge in [-0.15, -0.1) is 0 Å². The number of ether oxygens (including phenoxy) is 2. The van der Waals surface area contributed by atoms with Crippen molar-refractivity contribution in [3.63, 3.8) is 0 Å². The molecule has 2 heterocycles. The van der Waals surface area contributed by atoms with Crippen LogP contribution in [0.2, 0.25) is 0 Å². The van der Waals surface area contributed by atoms with Gasteiger partial charge in [0, 0.05) is 0 Å². The summed E-state index contributed by atoms with van der Waals surface area (Å²) in [6, 6.07) is -0.602. The van der Waals surface area contributed by atoms with E-state index in [2.05, 4.69) is 20.0 Å². The van der Waals surface area contributed by atoms with E-state index < -0.39 is 20.0 Å². The molecule has 1 unspecified atom stereocenters. The molecule has 2 aromatic heterocycles. The molecule has 27 heavy (non-hydrogen) atoms. The Kier molecular flexibility index (Phi) is 7.70. The van der Waals surface area contributed by atoms with E-state index in [1.165, 1.54) is 6.33 Å². The third kappa shape index (κ3) is 5.98. The zero-order valence-corrected chi connectivity index (χ0v) is 17.0. The van der Waals surface area contributed by atoms with Crippen molar-refractivity contribution >= 4 is 30.9 Å². The summed E-state index contributed by atoms with van der Waals surface area (Å²) in [6.45, 7) is 7.70. The highest BCUT2D eigenvalue weighted by Gasteiger charge is 2.21. The molecule has 0 saturated heterocycles. The van der Waals surface area contributed by atoms with Crippen LogP contribution in [-0.2, 0) is 25.4 Å². The molecule has 10 nitrogen and oxygen atoms in total. The Hall–Kier alpha value is -2.03. The molecule has 3 atom stereocenters. The van der Waals surface area contributed by atoms with Crippen LogP contribution in [-0.4, -0.2) is 50.1 Å². The minimum absolute atomic E-state index is 0.0149. The molecule has 3 N–H and O–H groups in total. The van der Waals surface area contributed by atoms with Crippen LogP contribution < -0.4 is 10.8 Å². The third-order valence-electron chi connectivity index (χ3n) is 3.76. The van der Waals surface area contributed by atoms with E-state index >= 15 is 0 Å². The average molecular weight is 398 g/mol. The van der Waals surface area contributed by atoms with Gasteiger partial charge >= 0.3 is 5.97 Å². The van der Waals surface area contributed by atoms with Gasteiger partial charge in [-0.05, 0) is 27.2 Å². The minimum Gasteiger partial charge on any atom is -0.462 e. The molecule has 0 radical (unpaired) electrons. The van der Waals surface area contributed by atoms with Crippen LogP contribution in [0.15, 0.2) is 12.7 Å². The Morgan fingerprint density at radius 2 is 2.07 bits per heavy atom. The molecule has 0 aliphatic rings. The van der Waals surface area contributed by atoms with Gasteiger partial charge in [-0.25, -0.2) is 15.0 Å². The van der Waals surface area contributed by atoms with Gasteiger partial charge in [-0.2, -0.15) is 0 Å². The average Bonchev–Trinajstić information content (AvgIpc) is 3.01. The Labute approximate surface area is 158 Å². The number of aromatic nitrogens is 4. The topological polar surface area (TPSA) is 134 Å². The summed E-state index contributed by atoms with van der Waals surface area (Å²) in [4.78, 5) is 24.2. The Morgan fingerprint density at radius 3 is 2.74 bits per heavy atom. The molecule has 0 spiro atoms. The molecular weight excluding hydrogens is 371 g/mol. The lowest BCUT2D eigenvalue weighted by molar-refractivity contribution is -0.149. The fraction of sp³-hybridized carbons (Fsp3) is 0.625. The predicted octanol–water partition coefficient (Wildman–Crippen LogP) is 1.57. The number of hydrogen-bond donors (Lipinski definition) is 2. The van der Waals surface area contributed by atoms with Gasteiger partial charge in [-0.1, -0.05) is 6.92 Å². The third-order valence-corrected chi connectivity index (χ3v) is 4.86. The van der Waals surface area contributed by atoms with Crippen molar-refractivity contribution in [3.05, 3.63) is 12.7 Å². The molecule has 0 bridgehead atoms. The summed E-state index contributed by atoms with van der Waals surface area (Å²) < 4.78 is 24.9. The first-order chi connectivity index (χ1) is 12.8. The number of esters is 1. The maximum absolute atomic E-state index is 12.3. The lowest BCUT2D eigenvalue weighted by Gasteiger charge is -2.19. The Balaban J connectivity index is 1.85. The van der Waals surface area contributed by atoms with Gasteiger partial charge in [0.2, 0.25) is 0 Å². The number of nitrogens with zero attached hydrogens (tertiary/aromatic N) is 4. The van der Waals surface area contributed by atoms with E-state index in [9.17, 15) is 9.36 Å². The molecule has 2 rings (SSSR count). The maximum atomic E-state index is 12.3. The molecule has 0 aliphatic carbocycles. The first-order valence-corrected chi connectivity index (χ1v) is 10.5. The van der Waals surface area contributed by atoms with Crippen molar-refractivity contribution < 1.29 is 18.8 Å². The monoisotopic (exact) mass is 398 g/mol. The van der Waals surface area contributed by atoms with Crippen molar-refractivity contribution in [2.45, 2.75) is 58.9 Å². The highest BCUT2D eigenvalue weighted by atomic mass is 31.1. The van der Waals surface area contributed by atoms with E-state index in [-0.39, 0.29) is 18.6 Å². The second-order valence-corrected chi connectivity index (χ2v) is 7.89. The summed E-state index contributed by atoms with van der Waals surface area (Å²) in [6.07, 6.45) is 3.05. The van der Waals surface area contributed by atoms with Crippen LogP contribution in [0.3, 0.4) is 0 Å². The summed E-state index contributed by atoms with van der Waals surface area (Å²) in [5, 5.41) is 2.81. The summed E-state index contributed by atoms with van der Waals surface area (Å²) in [5.74, 6) is -0.0819. The summed E-state index contributed by atoms with van der Waals surface area (Å²) >= 11 is 0. The molecule has 0 fully saturated rings. The number of carbonyl (C=O) groups is 1. The smallest absolute Gasteiger partial charge is 0.323 e. The molecular formula is C16H27N6O4P. The van der Waals surface area contributed by atoms with E-state index in [0.29, 0.717) is 29.9 Å². The van der Waals surface area contributed by atoms with Crippen LogP contribution in [0.1, 0.15) is 34.1 Å². The second kappa shape index (κ2) is 9.77. The van der Waals surface area contributed by atoms with Crippen LogP contribution in [0.25, 0.3) is 11.2 Å². The number of nitrogens with one attached hydrogen (secondary N) is 1. The minimum atomic E-state index is -2.30. The number of anilines is 1. The molecule has 150 valence electrons. The molecule has 0 saturated carbocycles. The van der Waals surface area contributed by atoms with Gasteiger partial charge < -0.3 is 24.3 Å². The fourth-order valence-corrected chi connectivity index (χ4v) is 3.69. The van der Waals surface area contributed by atoms with Crippen molar-refractivity contribution in [2.24, 2.45) is 0 Å². The number of hydrogen-bond acceptors (Lipinski definition) is 8. The Bertz CT molecular complexity index is 796. The van der Waals surface area contributed by atoms with Gasteiger partial charge in [0.25, 0.3) is 0 Å². The predicted molar refractivity (Wildman–Crippen MR) is 103 cm³/mol. The first-order valence-electron chi connectivity index (χ1n) is 8.84. The summed E-state index contributed by atoms with van der Waals surface area (Å²) in [5.41, 5.74) is 6.92. The molecule has 11 heteroatoms. The summed E-state index contributed by atoms with van der Waals surface area (Å²) in [7, 11) is -2.30. The zero-order valence-electron chi connectivity index (χ0n) is 16.0. The van der Waals surface area contributed by atoms with E-state index in [0.717, 1.165) is 0 Å². The molecule has 2 aromatic rings. The normalized spacial score (nSPS) is 15.0. The first kappa shape index (κ1) is 21.3. The van der Waals surface area contributed by atoms with Gasteiger partial charge in [-0.3, -0.25) is 9.88 Å². The van der Waals surface area contributed by atoms with E-state index in [1.807, 2.05) is 13.8 Å². The van der Waals surface area contributed by atoms with Crippen LogP contribution >= 0.6 is 7.95 Å². The van der Waals surface area contributed by atoms with Crippen molar-refractivity contribution in [2.75, 3.05) is 12.1 Å². The lowest BCUT2D eigenvalue weighted by Crippen LogP contribution is -2.35. The standard InChI is InChI=1S/C16H27N6O4P/c1-5-12(16(23)26-10(2)3)21-27(24)9-25-11(4)6-22-8-20-13-14(17)18-7-19-15(13)22/h7-8,10-12,27H,5-6,9H2,1-4H3,(H,21,24)(H2,17,18,19)/t11-,12+/m1/s1. The zero-order chi connectivity index (χ0) is 20.0. The van der Waals surface area contributed by atoms with Crippen molar-refractivity contribution in [3.8, 4) is 0 Å². The van der Waals surface area contributed by atoms with Crippen molar-refractivity contribution in [1.29, 1.82) is 0 Å². The van der Waals surface area contributed by atoms with Crippen LogP contribution in [0.5, 0.6) is 0 Å².